The van der Waals surface area contributed by atoms with Crippen LogP contribution in [0.3, 0.4) is 0 Å². The van der Waals surface area contributed by atoms with E-state index in [0.717, 1.165) is 37.7 Å². The molecule has 2 rings (SSSR count). The van der Waals surface area contributed by atoms with Crippen molar-refractivity contribution in [1.82, 2.24) is 15.3 Å². The van der Waals surface area contributed by atoms with Gasteiger partial charge in [-0.2, -0.15) is 0 Å². The number of amides is 1. The van der Waals surface area contributed by atoms with Crippen molar-refractivity contribution in [1.29, 1.82) is 0 Å². The fourth-order valence-electron chi connectivity index (χ4n) is 2.88. The van der Waals surface area contributed by atoms with Gasteiger partial charge in [-0.05, 0) is 25.2 Å². The van der Waals surface area contributed by atoms with Crippen molar-refractivity contribution in [2.45, 2.75) is 33.1 Å². The smallest absolute Gasteiger partial charge is 0.239 e. The highest BCUT2D eigenvalue weighted by molar-refractivity contribution is 5.80. The lowest BCUT2D eigenvalue weighted by atomic mass is 10.0. The molecule has 1 unspecified atom stereocenters. The van der Waals surface area contributed by atoms with E-state index < -0.39 is 0 Å². The van der Waals surface area contributed by atoms with E-state index in [1.54, 1.807) is 13.4 Å². The molecule has 2 heterocycles. The molecule has 1 aromatic heterocycles. The lowest BCUT2D eigenvalue weighted by Gasteiger charge is -2.32. The zero-order chi connectivity index (χ0) is 15.9. The summed E-state index contributed by atoms with van der Waals surface area (Å²) in [5.41, 5.74) is 0. The van der Waals surface area contributed by atoms with Crippen LogP contribution in [-0.2, 0) is 4.79 Å². The van der Waals surface area contributed by atoms with Crippen LogP contribution >= 0.6 is 0 Å². The molecule has 1 aliphatic rings. The van der Waals surface area contributed by atoms with E-state index in [0.29, 0.717) is 12.5 Å². The predicted octanol–water partition coefficient (Wildman–Crippen LogP) is 1.68. The van der Waals surface area contributed by atoms with Crippen LogP contribution in [0.5, 0.6) is 0 Å². The summed E-state index contributed by atoms with van der Waals surface area (Å²) in [6, 6.07) is 2.01. The van der Waals surface area contributed by atoms with Crippen molar-refractivity contribution >= 4 is 17.5 Å². The molecule has 22 heavy (non-hydrogen) atoms. The lowest BCUT2D eigenvalue weighted by Crippen LogP contribution is -2.37. The van der Waals surface area contributed by atoms with E-state index in [9.17, 15) is 4.79 Å². The molecule has 0 saturated carbocycles. The first-order valence-corrected chi connectivity index (χ1v) is 8.16. The molecule has 6 heteroatoms. The van der Waals surface area contributed by atoms with E-state index in [2.05, 4.69) is 34.0 Å². The van der Waals surface area contributed by atoms with Crippen LogP contribution in [0, 0.1) is 5.92 Å². The molecular weight excluding hydrogens is 278 g/mol. The SMILES string of the molecule is CCCN(CC(=O)NC)c1cc(N2CCCC(C)C2)ncn1. The zero-order valence-corrected chi connectivity index (χ0v) is 13.9. The maximum atomic E-state index is 11.7. The van der Waals surface area contributed by atoms with E-state index in [1.807, 2.05) is 11.0 Å². The van der Waals surface area contributed by atoms with Crippen LogP contribution in [0.15, 0.2) is 12.4 Å². The third kappa shape index (κ3) is 4.32. The van der Waals surface area contributed by atoms with Gasteiger partial charge in [-0.25, -0.2) is 9.97 Å². The molecule has 1 fully saturated rings. The summed E-state index contributed by atoms with van der Waals surface area (Å²) < 4.78 is 0. The molecule has 1 N–H and O–H groups in total. The van der Waals surface area contributed by atoms with Crippen LogP contribution in [0.2, 0.25) is 0 Å². The van der Waals surface area contributed by atoms with Gasteiger partial charge in [0.1, 0.15) is 18.0 Å². The van der Waals surface area contributed by atoms with Gasteiger partial charge < -0.3 is 15.1 Å². The van der Waals surface area contributed by atoms with Crippen molar-refractivity contribution < 1.29 is 4.79 Å². The Kier molecular flexibility index (Phi) is 5.98. The number of anilines is 2. The maximum absolute atomic E-state index is 11.7. The number of rotatable bonds is 6. The Morgan fingerprint density at radius 1 is 1.50 bits per heavy atom. The third-order valence-corrected chi connectivity index (χ3v) is 4.05. The first-order valence-electron chi connectivity index (χ1n) is 8.16. The summed E-state index contributed by atoms with van der Waals surface area (Å²) in [6.07, 6.45) is 5.07. The van der Waals surface area contributed by atoms with E-state index in [-0.39, 0.29) is 5.91 Å². The Morgan fingerprint density at radius 3 is 3.00 bits per heavy atom. The van der Waals surface area contributed by atoms with Gasteiger partial charge in [0.05, 0.1) is 6.54 Å². The van der Waals surface area contributed by atoms with Gasteiger partial charge in [-0.3, -0.25) is 4.79 Å². The normalized spacial score (nSPS) is 18.1. The highest BCUT2D eigenvalue weighted by atomic mass is 16.1. The summed E-state index contributed by atoms with van der Waals surface area (Å²) >= 11 is 0. The monoisotopic (exact) mass is 305 g/mol. The number of carbonyl (C=O) groups is 1. The van der Waals surface area contributed by atoms with Crippen molar-refractivity contribution in [2.75, 3.05) is 43.0 Å². The summed E-state index contributed by atoms with van der Waals surface area (Å²) in [6.45, 7) is 7.61. The molecular formula is C16H27N5O. The highest BCUT2D eigenvalue weighted by Gasteiger charge is 2.19. The lowest BCUT2D eigenvalue weighted by molar-refractivity contribution is -0.119. The van der Waals surface area contributed by atoms with Gasteiger partial charge in [0.15, 0.2) is 0 Å². The number of nitrogens with one attached hydrogen (secondary N) is 1. The number of aromatic nitrogens is 2. The second-order valence-electron chi connectivity index (χ2n) is 6.02. The number of hydrogen-bond acceptors (Lipinski definition) is 5. The molecule has 1 amide bonds. The first-order chi connectivity index (χ1) is 10.6. The largest absolute Gasteiger partial charge is 0.358 e. The fraction of sp³-hybridized carbons (Fsp3) is 0.688. The van der Waals surface area contributed by atoms with Crippen LogP contribution in [0.4, 0.5) is 11.6 Å². The van der Waals surface area contributed by atoms with Crippen molar-refractivity contribution in [3.63, 3.8) is 0 Å². The summed E-state index contributed by atoms with van der Waals surface area (Å²) in [4.78, 5) is 24.8. The molecule has 0 bridgehead atoms. The average molecular weight is 305 g/mol. The van der Waals surface area contributed by atoms with Crippen LogP contribution < -0.4 is 15.1 Å². The van der Waals surface area contributed by atoms with Crippen LogP contribution in [-0.4, -0.2) is 49.1 Å². The summed E-state index contributed by atoms with van der Waals surface area (Å²) in [5, 5.41) is 2.67. The zero-order valence-electron chi connectivity index (χ0n) is 13.9. The number of carbonyl (C=O) groups excluding carboxylic acids is 1. The average Bonchev–Trinajstić information content (AvgIpc) is 2.54. The Morgan fingerprint density at radius 2 is 2.32 bits per heavy atom. The van der Waals surface area contributed by atoms with Crippen LogP contribution in [0.25, 0.3) is 0 Å². The van der Waals surface area contributed by atoms with Crippen molar-refractivity contribution in [3.05, 3.63) is 12.4 Å². The third-order valence-electron chi connectivity index (χ3n) is 4.05. The van der Waals surface area contributed by atoms with E-state index in [4.69, 9.17) is 0 Å². The minimum absolute atomic E-state index is 0.000192. The Hall–Kier alpha value is -1.85. The number of nitrogens with zero attached hydrogens (tertiary/aromatic N) is 4. The molecule has 1 saturated heterocycles. The van der Waals surface area contributed by atoms with Gasteiger partial charge in [0, 0.05) is 32.7 Å². The molecule has 0 spiro atoms. The summed E-state index contributed by atoms with van der Waals surface area (Å²) in [7, 11) is 1.66. The van der Waals surface area contributed by atoms with Crippen LogP contribution in [0.1, 0.15) is 33.1 Å². The Labute approximate surface area is 132 Å². The van der Waals surface area contributed by atoms with Crippen molar-refractivity contribution in [2.24, 2.45) is 5.92 Å². The molecule has 0 radical (unpaired) electrons. The van der Waals surface area contributed by atoms with Gasteiger partial charge >= 0.3 is 0 Å². The maximum Gasteiger partial charge on any atom is 0.239 e. The second kappa shape index (κ2) is 7.96. The molecule has 0 aromatic carbocycles. The van der Waals surface area contributed by atoms with Gasteiger partial charge in [-0.15, -0.1) is 0 Å². The highest BCUT2D eigenvalue weighted by Crippen LogP contribution is 2.23. The standard InChI is InChI=1S/C16H27N5O/c1-4-7-20(11-16(22)17-3)14-9-15(19-12-18-14)21-8-5-6-13(2)10-21/h9,12-13H,4-8,10-11H2,1-3H3,(H,17,22). The van der Waals surface area contributed by atoms with E-state index in [1.165, 1.54) is 12.8 Å². The number of hydrogen-bond donors (Lipinski definition) is 1. The Balaban J connectivity index is 2.15. The molecule has 0 aliphatic carbocycles. The first kappa shape index (κ1) is 16.5. The van der Waals surface area contributed by atoms with E-state index >= 15 is 0 Å². The fourth-order valence-corrected chi connectivity index (χ4v) is 2.88. The van der Waals surface area contributed by atoms with Crippen molar-refractivity contribution in [3.8, 4) is 0 Å². The van der Waals surface area contributed by atoms with Gasteiger partial charge in [-0.1, -0.05) is 13.8 Å². The molecule has 6 nitrogen and oxygen atoms in total. The number of piperidine rings is 1. The quantitative estimate of drug-likeness (QED) is 0.866. The second-order valence-corrected chi connectivity index (χ2v) is 6.02. The minimum atomic E-state index is 0.000192. The molecule has 1 aliphatic heterocycles. The predicted molar refractivity (Wildman–Crippen MR) is 89.2 cm³/mol. The molecule has 122 valence electrons. The number of likely N-dealkylation sites (N-methyl/N-ethyl adjacent to an activating group) is 1. The summed E-state index contributed by atoms with van der Waals surface area (Å²) in [5.74, 6) is 2.49. The van der Waals surface area contributed by atoms with Gasteiger partial charge in [0.25, 0.3) is 0 Å². The minimum Gasteiger partial charge on any atom is -0.358 e. The molecule has 1 aromatic rings. The Bertz CT molecular complexity index is 493. The molecule has 1 atom stereocenters. The topological polar surface area (TPSA) is 61.4 Å². The van der Waals surface area contributed by atoms with Gasteiger partial charge in [0.2, 0.25) is 5.91 Å².